The quantitative estimate of drug-likeness (QED) is 0.478. The van der Waals surface area contributed by atoms with Crippen LogP contribution in [0.4, 0.5) is 0 Å². The minimum absolute atomic E-state index is 0.256. The molecular weight excluding hydrogens is 152 g/mol. The summed E-state index contributed by atoms with van der Waals surface area (Å²) in [5.74, 6) is 0.256. The minimum atomic E-state index is -0.501. The fraction of sp³-hybridized carbons (Fsp3) is 1.00. The van der Waals surface area contributed by atoms with Crippen molar-refractivity contribution < 1.29 is 9.84 Å². The van der Waals surface area contributed by atoms with Crippen LogP contribution >= 0.6 is 11.6 Å². The molecule has 0 aromatic heterocycles. The zero-order valence-electron chi connectivity index (χ0n) is 6.35. The second kappa shape index (κ2) is 7.32. The van der Waals surface area contributed by atoms with E-state index in [0.717, 1.165) is 19.4 Å². The summed E-state index contributed by atoms with van der Waals surface area (Å²) < 4.78 is 5.09. The lowest BCUT2D eigenvalue weighted by Crippen LogP contribution is -2.16. The highest BCUT2D eigenvalue weighted by Gasteiger charge is 1.99. The van der Waals surface area contributed by atoms with Gasteiger partial charge in [0.1, 0.15) is 0 Å². The molecule has 0 saturated heterocycles. The molecule has 0 aliphatic heterocycles. The molecule has 10 heavy (non-hydrogen) atoms. The van der Waals surface area contributed by atoms with Gasteiger partial charge in [0.2, 0.25) is 0 Å². The Morgan fingerprint density at radius 1 is 1.60 bits per heavy atom. The Bertz CT molecular complexity index is 68.6. The molecule has 0 aromatic rings. The number of unbranched alkanes of at least 4 members (excludes halogenated alkanes) is 1. The predicted molar refractivity (Wildman–Crippen MR) is 42.5 cm³/mol. The van der Waals surface area contributed by atoms with Gasteiger partial charge in [0.15, 0.2) is 0 Å². The average molecular weight is 167 g/mol. The first kappa shape index (κ1) is 10.2. The molecule has 0 bridgehead atoms. The molecule has 0 rings (SSSR count). The molecule has 0 unspecified atom stereocenters. The van der Waals surface area contributed by atoms with E-state index in [2.05, 4.69) is 6.92 Å². The van der Waals surface area contributed by atoms with Gasteiger partial charge in [0.05, 0.1) is 18.6 Å². The monoisotopic (exact) mass is 166 g/mol. The molecule has 0 fully saturated rings. The Hall–Kier alpha value is 0.210. The molecule has 1 N–H and O–H groups in total. The molecule has 0 amide bonds. The summed E-state index contributed by atoms with van der Waals surface area (Å²) in [5.41, 5.74) is 0. The van der Waals surface area contributed by atoms with E-state index in [4.69, 9.17) is 21.4 Å². The highest BCUT2D eigenvalue weighted by molar-refractivity contribution is 6.18. The third kappa shape index (κ3) is 6.33. The van der Waals surface area contributed by atoms with Crippen LogP contribution in [0.15, 0.2) is 0 Å². The molecule has 0 heterocycles. The minimum Gasteiger partial charge on any atom is -0.389 e. The average Bonchev–Trinajstić information content (AvgIpc) is 1.98. The summed E-state index contributed by atoms with van der Waals surface area (Å²) in [6.45, 7) is 3.19. The summed E-state index contributed by atoms with van der Waals surface area (Å²) in [4.78, 5) is 0. The van der Waals surface area contributed by atoms with Crippen molar-refractivity contribution >= 4 is 11.6 Å². The number of halogens is 1. The van der Waals surface area contributed by atoms with Gasteiger partial charge in [-0.15, -0.1) is 11.6 Å². The van der Waals surface area contributed by atoms with E-state index in [1.807, 2.05) is 0 Å². The Kier molecular flexibility index (Phi) is 7.47. The zero-order chi connectivity index (χ0) is 7.82. The van der Waals surface area contributed by atoms with Gasteiger partial charge in [0.25, 0.3) is 0 Å². The van der Waals surface area contributed by atoms with Gasteiger partial charge in [-0.25, -0.2) is 0 Å². The lowest BCUT2D eigenvalue weighted by Gasteiger charge is -2.06. The normalized spacial score (nSPS) is 13.5. The van der Waals surface area contributed by atoms with Crippen molar-refractivity contribution in [2.75, 3.05) is 19.1 Å². The standard InChI is InChI=1S/C7H15ClO2/c1-2-3-4-10-6-7(9)5-8/h7,9H,2-6H2,1H3/t7-/m0/s1. The van der Waals surface area contributed by atoms with Crippen LogP contribution in [0.2, 0.25) is 0 Å². The largest absolute Gasteiger partial charge is 0.389 e. The molecular formula is C7H15ClO2. The SMILES string of the molecule is CCCCOC[C@@H](O)CCl. The van der Waals surface area contributed by atoms with Crippen LogP contribution < -0.4 is 0 Å². The molecule has 0 aliphatic carbocycles. The summed E-state index contributed by atoms with van der Waals surface area (Å²) >= 11 is 5.33. The fourth-order valence-corrected chi connectivity index (χ4v) is 0.599. The summed E-state index contributed by atoms with van der Waals surface area (Å²) in [6, 6.07) is 0. The Morgan fingerprint density at radius 3 is 2.80 bits per heavy atom. The van der Waals surface area contributed by atoms with Crippen molar-refractivity contribution in [3.8, 4) is 0 Å². The van der Waals surface area contributed by atoms with Gasteiger partial charge in [-0.3, -0.25) is 0 Å². The summed E-state index contributed by atoms with van der Waals surface area (Å²) in [6.07, 6.45) is 1.67. The molecule has 0 aliphatic rings. The molecule has 62 valence electrons. The van der Waals surface area contributed by atoms with E-state index >= 15 is 0 Å². The molecule has 0 aromatic carbocycles. The molecule has 0 spiro atoms. The first-order valence-corrected chi connectivity index (χ1v) is 4.16. The van der Waals surface area contributed by atoms with E-state index < -0.39 is 6.10 Å². The highest BCUT2D eigenvalue weighted by atomic mass is 35.5. The van der Waals surface area contributed by atoms with E-state index in [9.17, 15) is 0 Å². The number of alkyl halides is 1. The number of hydrogen-bond acceptors (Lipinski definition) is 2. The zero-order valence-corrected chi connectivity index (χ0v) is 7.10. The maximum atomic E-state index is 8.90. The molecule has 3 heteroatoms. The second-order valence-corrected chi connectivity index (χ2v) is 2.55. The number of aliphatic hydroxyl groups excluding tert-OH is 1. The molecule has 2 nitrogen and oxygen atoms in total. The van der Waals surface area contributed by atoms with Crippen LogP contribution in [-0.4, -0.2) is 30.3 Å². The van der Waals surface area contributed by atoms with Gasteiger partial charge in [0, 0.05) is 6.61 Å². The van der Waals surface area contributed by atoms with Gasteiger partial charge in [-0.1, -0.05) is 13.3 Å². The van der Waals surface area contributed by atoms with Gasteiger partial charge in [-0.05, 0) is 6.42 Å². The van der Waals surface area contributed by atoms with Crippen molar-refractivity contribution in [3.05, 3.63) is 0 Å². The highest BCUT2D eigenvalue weighted by Crippen LogP contribution is 1.92. The molecule has 1 atom stereocenters. The smallest absolute Gasteiger partial charge is 0.0908 e. The van der Waals surface area contributed by atoms with Crippen LogP contribution in [0.3, 0.4) is 0 Å². The van der Waals surface area contributed by atoms with E-state index in [0.29, 0.717) is 6.61 Å². The number of hydrogen-bond donors (Lipinski definition) is 1. The van der Waals surface area contributed by atoms with Crippen molar-refractivity contribution in [3.63, 3.8) is 0 Å². The van der Waals surface area contributed by atoms with Crippen molar-refractivity contribution in [1.29, 1.82) is 0 Å². The van der Waals surface area contributed by atoms with Crippen molar-refractivity contribution in [2.24, 2.45) is 0 Å². The molecule has 0 saturated carbocycles. The first-order chi connectivity index (χ1) is 4.81. The van der Waals surface area contributed by atoms with E-state index in [1.165, 1.54) is 0 Å². The second-order valence-electron chi connectivity index (χ2n) is 2.24. The Labute approximate surface area is 67.1 Å². The Morgan fingerprint density at radius 2 is 2.30 bits per heavy atom. The van der Waals surface area contributed by atoms with E-state index in [-0.39, 0.29) is 5.88 Å². The lowest BCUT2D eigenvalue weighted by atomic mass is 10.3. The van der Waals surface area contributed by atoms with Crippen molar-refractivity contribution in [2.45, 2.75) is 25.9 Å². The summed E-state index contributed by atoms with van der Waals surface area (Å²) in [7, 11) is 0. The number of rotatable bonds is 6. The van der Waals surface area contributed by atoms with Gasteiger partial charge < -0.3 is 9.84 Å². The maximum absolute atomic E-state index is 8.90. The van der Waals surface area contributed by atoms with Crippen LogP contribution in [-0.2, 0) is 4.74 Å². The Balaban J connectivity index is 2.89. The first-order valence-electron chi connectivity index (χ1n) is 3.63. The van der Waals surface area contributed by atoms with Crippen molar-refractivity contribution in [1.82, 2.24) is 0 Å². The van der Waals surface area contributed by atoms with Crippen LogP contribution in [0.25, 0.3) is 0 Å². The number of aliphatic hydroxyl groups is 1. The van der Waals surface area contributed by atoms with Gasteiger partial charge in [-0.2, -0.15) is 0 Å². The predicted octanol–water partition coefficient (Wildman–Crippen LogP) is 1.40. The number of ether oxygens (including phenoxy) is 1. The van der Waals surface area contributed by atoms with Crippen LogP contribution in [0, 0.1) is 0 Å². The topological polar surface area (TPSA) is 29.5 Å². The lowest BCUT2D eigenvalue weighted by molar-refractivity contribution is 0.0467. The maximum Gasteiger partial charge on any atom is 0.0908 e. The third-order valence-electron chi connectivity index (χ3n) is 1.13. The third-order valence-corrected chi connectivity index (χ3v) is 1.49. The summed E-state index contributed by atoms with van der Waals surface area (Å²) in [5, 5.41) is 8.90. The molecule has 0 radical (unpaired) electrons. The van der Waals surface area contributed by atoms with E-state index in [1.54, 1.807) is 0 Å². The fourth-order valence-electron chi connectivity index (χ4n) is 0.510. The van der Waals surface area contributed by atoms with Gasteiger partial charge >= 0.3 is 0 Å². The van der Waals surface area contributed by atoms with Crippen LogP contribution in [0.5, 0.6) is 0 Å². The van der Waals surface area contributed by atoms with Crippen LogP contribution in [0.1, 0.15) is 19.8 Å².